The summed E-state index contributed by atoms with van der Waals surface area (Å²) in [5.74, 6) is -0.495. The van der Waals surface area contributed by atoms with Crippen molar-refractivity contribution < 1.29 is 9.59 Å². The van der Waals surface area contributed by atoms with Crippen LogP contribution in [0.25, 0.3) is 0 Å². The summed E-state index contributed by atoms with van der Waals surface area (Å²) in [6.07, 6.45) is 3.52. The van der Waals surface area contributed by atoms with Crippen LogP contribution in [0.4, 0.5) is 11.4 Å². The molecule has 1 heterocycles. The van der Waals surface area contributed by atoms with E-state index < -0.39 is 5.66 Å². The molecule has 0 bridgehead atoms. The van der Waals surface area contributed by atoms with Crippen molar-refractivity contribution in [1.29, 1.82) is 0 Å². The van der Waals surface area contributed by atoms with Crippen LogP contribution < -0.4 is 15.1 Å². The van der Waals surface area contributed by atoms with Gasteiger partial charge < -0.3 is 10.2 Å². The molecule has 0 spiro atoms. The molecule has 0 fully saturated rings. The Morgan fingerprint density at radius 3 is 2.00 bits per heavy atom. The van der Waals surface area contributed by atoms with E-state index in [9.17, 15) is 9.59 Å². The van der Waals surface area contributed by atoms with Crippen LogP contribution in [0.1, 0.15) is 13.8 Å². The molecule has 2 amide bonds. The highest BCUT2D eigenvalue weighted by Crippen LogP contribution is 2.30. The number of hydrogen-bond donors (Lipinski definition) is 1. The van der Waals surface area contributed by atoms with Crippen LogP contribution >= 0.6 is 0 Å². The predicted octanol–water partition coefficient (Wildman–Crippen LogP) is 2.86. The van der Waals surface area contributed by atoms with E-state index in [1.165, 1.54) is 6.92 Å². The normalized spacial score (nSPS) is 20.2. The third-order valence-electron chi connectivity index (χ3n) is 3.97. The lowest BCUT2D eigenvalue weighted by molar-refractivity contribution is -0.130. The smallest absolute Gasteiger partial charge is 0.277 e. The Balaban J connectivity index is 2.07. The van der Waals surface area contributed by atoms with Crippen molar-refractivity contribution in [2.75, 3.05) is 9.80 Å². The molecule has 24 heavy (non-hydrogen) atoms. The zero-order valence-corrected chi connectivity index (χ0v) is 13.6. The zero-order chi connectivity index (χ0) is 17.2. The number of anilines is 2. The van der Waals surface area contributed by atoms with Gasteiger partial charge in [-0.15, -0.1) is 0 Å². The summed E-state index contributed by atoms with van der Waals surface area (Å²) in [6.45, 7) is 3.12. The number of para-hydroxylation sites is 2. The van der Waals surface area contributed by atoms with E-state index in [1.807, 2.05) is 60.7 Å². The summed E-state index contributed by atoms with van der Waals surface area (Å²) >= 11 is 0. The van der Waals surface area contributed by atoms with Crippen LogP contribution in [-0.4, -0.2) is 17.5 Å². The molecule has 2 aromatic rings. The lowest BCUT2D eigenvalue weighted by atomic mass is 10.0. The number of nitrogens with zero attached hydrogens (tertiary/aromatic N) is 2. The lowest BCUT2D eigenvalue weighted by Crippen LogP contribution is -2.67. The Morgan fingerprint density at radius 2 is 1.46 bits per heavy atom. The maximum atomic E-state index is 13.2. The third-order valence-corrected chi connectivity index (χ3v) is 3.97. The van der Waals surface area contributed by atoms with Crippen LogP contribution in [0.5, 0.6) is 0 Å². The van der Waals surface area contributed by atoms with Gasteiger partial charge in [0.05, 0.1) is 0 Å². The molecule has 1 N–H and O–H groups in total. The average Bonchev–Trinajstić information content (AvgIpc) is 2.58. The lowest BCUT2D eigenvalue weighted by Gasteiger charge is -2.44. The highest BCUT2D eigenvalue weighted by molar-refractivity contribution is 6.06. The van der Waals surface area contributed by atoms with Gasteiger partial charge in [-0.2, -0.15) is 0 Å². The van der Waals surface area contributed by atoms with E-state index in [-0.39, 0.29) is 11.8 Å². The monoisotopic (exact) mass is 321 g/mol. The van der Waals surface area contributed by atoms with Gasteiger partial charge in [-0.05, 0) is 31.2 Å². The maximum Gasteiger partial charge on any atom is 0.277 e. The molecular formula is C19H19N3O2. The van der Waals surface area contributed by atoms with Crippen LogP contribution in [-0.2, 0) is 9.59 Å². The van der Waals surface area contributed by atoms with Crippen molar-refractivity contribution in [3.05, 3.63) is 73.1 Å². The minimum Gasteiger partial charge on any atom is -0.326 e. The third kappa shape index (κ3) is 2.76. The number of carbonyl (C=O) groups excluding carboxylic acids is 2. The van der Waals surface area contributed by atoms with Gasteiger partial charge in [0, 0.05) is 30.7 Å². The van der Waals surface area contributed by atoms with Crippen molar-refractivity contribution in [3.8, 4) is 0 Å². The van der Waals surface area contributed by atoms with E-state index in [2.05, 4.69) is 5.32 Å². The maximum absolute atomic E-state index is 13.2. The average molecular weight is 321 g/mol. The van der Waals surface area contributed by atoms with E-state index in [0.717, 1.165) is 11.4 Å². The van der Waals surface area contributed by atoms with Gasteiger partial charge in [-0.1, -0.05) is 36.4 Å². The molecule has 1 unspecified atom stereocenters. The number of benzene rings is 2. The van der Waals surface area contributed by atoms with Gasteiger partial charge in [-0.3, -0.25) is 14.5 Å². The van der Waals surface area contributed by atoms with Crippen molar-refractivity contribution in [2.24, 2.45) is 0 Å². The fourth-order valence-electron chi connectivity index (χ4n) is 2.87. The fraction of sp³-hybridized carbons (Fsp3) is 0.158. The van der Waals surface area contributed by atoms with Gasteiger partial charge in [0.2, 0.25) is 5.91 Å². The molecule has 122 valence electrons. The Morgan fingerprint density at radius 1 is 0.917 bits per heavy atom. The van der Waals surface area contributed by atoms with E-state index in [4.69, 9.17) is 0 Å². The topological polar surface area (TPSA) is 52.7 Å². The minimum absolute atomic E-state index is 0.227. The van der Waals surface area contributed by atoms with E-state index >= 15 is 0 Å². The first-order chi connectivity index (χ1) is 11.5. The fourth-order valence-corrected chi connectivity index (χ4v) is 2.87. The van der Waals surface area contributed by atoms with Crippen LogP contribution in [0.15, 0.2) is 73.1 Å². The Hall–Kier alpha value is -3.08. The van der Waals surface area contributed by atoms with Crippen LogP contribution in [0.3, 0.4) is 0 Å². The molecule has 5 nitrogen and oxygen atoms in total. The van der Waals surface area contributed by atoms with Crippen molar-refractivity contribution in [2.45, 2.75) is 19.5 Å². The van der Waals surface area contributed by atoms with Crippen LogP contribution in [0, 0.1) is 0 Å². The molecule has 0 aliphatic carbocycles. The summed E-state index contributed by atoms with van der Waals surface area (Å²) in [6, 6.07) is 18.8. The highest BCUT2D eigenvalue weighted by atomic mass is 16.2. The quantitative estimate of drug-likeness (QED) is 0.946. The summed E-state index contributed by atoms with van der Waals surface area (Å²) in [5.41, 5.74) is 0.367. The largest absolute Gasteiger partial charge is 0.326 e. The second-order valence-electron chi connectivity index (χ2n) is 5.77. The molecule has 5 heteroatoms. The molecule has 3 rings (SSSR count). The summed E-state index contributed by atoms with van der Waals surface area (Å²) < 4.78 is 0. The first-order valence-electron chi connectivity index (χ1n) is 7.72. The first kappa shape index (κ1) is 15.8. The number of nitrogens with one attached hydrogen (secondary N) is 1. The van der Waals surface area contributed by atoms with Gasteiger partial charge >= 0.3 is 0 Å². The standard InChI is InChI=1S/C19H19N3O2/c1-15(23)20-19(2)18(24)21(16-9-5-3-6-10-16)13-14-22(19)17-11-7-4-8-12-17/h3-14H,1-2H3,(H,20,23). The molecule has 1 aliphatic heterocycles. The molecule has 0 aromatic heterocycles. The second kappa shape index (κ2) is 6.20. The predicted molar refractivity (Wildman–Crippen MR) is 94.2 cm³/mol. The molecule has 1 atom stereocenters. The van der Waals surface area contributed by atoms with Crippen molar-refractivity contribution in [3.63, 3.8) is 0 Å². The van der Waals surface area contributed by atoms with Crippen molar-refractivity contribution >= 4 is 23.2 Å². The van der Waals surface area contributed by atoms with Crippen molar-refractivity contribution in [1.82, 2.24) is 5.32 Å². The zero-order valence-electron chi connectivity index (χ0n) is 13.6. The molecule has 0 saturated carbocycles. The Kier molecular flexibility index (Phi) is 4.08. The van der Waals surface area contributed by atoms with Crippen LogP contribution in [0.2, 0.25) is 0 Å². The van der Waals surface area contributed by atoms with Gasteiger partial charge in [0.1, 0.15) is 0 Å². The van der Waals surface area contributed by atoms with Gasteiger partial charge in [0.25, 0.3) is 5.91 Å². The Bertz CT molecular complexity index is 774. The Labute approximate surface area is 141 Å². The number of amides is 2. The molecular weight excluding hydrogens is 302 g/mol. The summed E-state index contributed by atoms with van der Waals surface area (Å²) in [5, 5.41) is 2.80. The SMILES string of the molecule is CC(=O)NC1(C)C(=O)N(c2ccccc2)C=CN1c1ccccc1. The molecule has 1 aliphatic rings. The molecule has 0 radical (unpaired) electrons. The highest BCUT2D eigenvalue weighted by Gasteiger charge is 2.45. The second-order valence-corrected chi connectivity index (χ2v) is 5.77. The first-order valence-corrected chi connectivity index (χ1v) is 7.72. The van der Waals surface area contributed by atoms with E-state index in [1.54, 1.807) is 29.1 Å². The summed E-state index contributed by atoms with van der Waals surface area (Å²) in [7, 11) is 0. The number of hydrogen-bond acceptors (Lipinski definition) is 3. The molecule has 0 saturated heterocycles. The van der Waals surface area contributed by atoms with Gasteiger partial charge in [0.15, 0.2) is 5.66 Å². The summed E-state index contributed by atoms with van der Waals surface area (Å²) in [4.78, 5) is 28.3. The van der Waals surface area contributed by atoms with Gasteiger partial charge in [-0.25, -0.2) is 0 Å². The number of carbonyl (C=O) groups is 2. The molecule has 2 aromatic carbocycles. The number of rotatable bonds is 3. The van der Waals surface area contributed by atoms with E-state index in [0.29, 0.717) is 0 Å². The minimum atomic E-state index is -1.21.